The van der Waals surface area contributed by atoms with Crippen molar-refractivity contribution in [3.63, 3.8) is 0 Å². The van der Waals surface area contributed by atoms with Gasteiger partial charge in [0.05, 0.1) is 19.3 Å². The number of aliphatic hydroxyl groups excluding tert-OH is 1. The van der Waals surface area contributed by atoms with Crippen molar-refractivity contribution in [1.29, 1.82) is 0 Å². The van der Waals surface area contributed by atoms with Crippen molar-refractivity contribution in [2.45, 2.75) is 32.9 Å². The summed E-state index contributed by atoms with van der Waals surface area (Å²) < 4.78 is 5.22. The highest BCUT2D eigenvalue weighted by Crippen LogP contribution is 2.15. The van der Waals surface area contributed by atoms with Gasteiger partial charge in [-0.05, 0) is 25.3 Å². The summed E-state index contributed by atoms with van der Waals surface area (Å²) in [6.45, 7) is 4.38. The monoisotopic (exact) mass is 281 g/mol. The molecule has 104 valence electrons. The summed E-state index contributed by atoms with van der Waals surface area (Å²) in [5.74, 6) is 5.73. The van der Waals surface area contributed by atoms with E-state index in [1.807, 2.05) is 25.3 Å². The van der Waals surface area contributed by atoms with Crippen molar-refractivity contribution < 1.29 is 14.6 Å². The first-order valence-corrected chi connectivity index (χ1v) is 7.06. The fraction of sp³-hybridized carbons (Fsp3) is 0.500. The maximum Gasteiger partial charge on any atom is 0.246 e. The number of hydrogen-bond donors (Lipinski definition) is 2. The van der Waals surface area contributed by atoms with Gasteiger partial charge in [0, 0.05) is 16.9 Å². The molecule has 0 aliphatic rings. The number of nitrogens with one attached hydrogen (secondary N) is 1. The molecule has 5 heteroatoms. The maximum absolute atomic E-state index is 11.5. The normalized spacial score (nSPS) is 10.1. The molecule has 4 nitrogen and oxygen atoms in total. The zero-order valence-corrected chi connectivity index (χ0v) is 12.0. The summed E-state index contributed by atoms with van der Waals surface area (Å²) in [6.07, 6.45) is 0.511. The smallest absolute Gasteiger partial charge is 0.246 e. The van der Waals surface area contributed by atoms with Crippen molar-refractivity contribution in [3.8, 4) is 11.8 Å². The van der Waals surface area contributed by atoms with Crippen LogP contribution < -0.4 is 5.32 Å². The van der Waals surface area contributed by atoms with Gasteiger partial charge in [0.25, 0.3) is 0 Å². The van der Waals surface area contributed by atoms with Crippen LogP contribution >= 0.6 is 11.3 Å². The van der Waals surface area contributed by atoms with Gasteiger partial charge in [0.1, 0.15) is 6.61 Å². The summed E-state index contributed by atoms with van der Waals surface area (Å²) in [4.78, 5) is 12.5. The first kappa shape index (κ1) is 15.7. The van der Waals surface area contributed by atoms with Crippen LogP contribution in [0.15, 0.2) is 11.4 Å². The van der Waals surface area contributed by atoms with E-state index < -0.39 is 0 Å². The van der Waals surface area contributed by atoms with E-state index in [9.17, 15) is 4.79 Å². The van der Waals surface area contributed by atoms with Crippen LogP contribution in [0.3, 0.4) is 0 Å². The Hall–Kier alpha value is -1.35. The molecule has 0 fully saturated rings. The third-order valence-corrected chi connectivity index (χ3v) is 3.12. The Morgan fingerprint density at radius 2 is 2.37 bits per heavy atom. The molecule has 1 amide bonds. The van der Waals surface area contributed by atoms with E-state index in [0.717, 1.165) is 10.4 Å². The van der Waals surface area contributed by atoms with E-state index in [1.54, 1.807) is 11.3 Å². The van der Waals surface area contributed by atoms with Gasteiger partial charge in [-0.2, -0.15) is 0 Å². The second-order valence-corrected chi connectivity index (χ2v) is 5.17. The quantitative estimate of drug-likeness (QED) is 0.777. The minimum Gasteiger partial charge on any atom is -0.395 e. The average molecular weight is 281 g/mol. The van der Waals surface area contributed by atoms with Gasteiger partial charge >= 0.3 is 0 Å². The average Bonchev–Trinajstić information content (AvgIpc) is 2.82. The first-order chi connectivity index (χ1) is 9.13. The van der Waals surface area contributed by atoms with E-state index in [4.69, 9.17) is 9.84 Å². The Morgan fingerprint density at radius 3 is 3.05 bits per heavy atom. The minimum atomic E-state index is -0.128. The molecule has 0 aliphatic heterocycles. The van der Waals surface area contributed by atoms with Gasteiger partial charge in [-0.25, -0.2) is 0 Å². The van der Waals surface area contributed by atoms with Crippen molar-refractivity contribution in [2.75, 3.05) is 13.2 Å². The van der Waals surface area contributed by atoms with Crippen LogP contribution in [0.4, 0.5) is 0 Å². The van der Waals surface area contributed by atoms with E-state index in [1.165, 1.54) is 0 Å². The minimum absolute atomic E-state index is 0.0485. The molecular weight excluding hydrogens is 262 g/mol. The Balaban J connectivity index is 2.43. The number of amides is 1. The lowest BCUT2D eigenvalue weighted by atomic mass is 10.2. The van der Waals surface area contributed by atoms with Crippen LogP contribution in [-0.2, 0) is 16.1 Å². The Bertz CT molecular complexity index is 457. The molecule has 0 aliphatic carbocycles. The van der Waals surface area contributed by atoms with E-state index >= 15 is 0 Å². The molecular formula is C14H19NO3S. The molecule has 0 aromatic carbocycles. The summed E-state index contributed by atoms with van der Waals surface area (Å²) in [7, 11) is 0. The lowest BCUT2D eigenvalue weighted by Crippen LogP contribution is -2.28. The third kappa shape index (κ3) is 6.39. The molecule has 1 aromatic rings. The molecule has 0 spiro atoms. The molecule has 2 N–H and O–H groups in total. The third-order valence-electron chi connectivity index (χ3n) is 2.20. The lowest BCUT2D eigenvalue weighted by molar-refractivity contribution is -0.127. The van der Waals surface area contributed by atoms with Gasteiger partial charge in [0.2, 0.25) is 5.91 Å². The van der Waals surface area contributed by atoms with Crippen LogP contribution in [0.5, 0.6) is 0 Å². The number of aliphatic hydroxyl groups is 1. The Morgan fingerprint density at radius 1 is 1.58 bits per heavy atom. The van der Waals surface area contributed by atoms with Gasteiger partial charge in [-0.1, -0.05) is 11.8 Å². The van der Waals surface area contributed by atoms with Crippen molar-refractivity contribution in [2.24, 2.45) is 0 Å². The van der Waals surface area contributed by atoms with Crippen molar-refractivity contribution in [3.05, 3.63) is 21.9 Å². The SMILES string of the molecule is CC(C)OCC(=O)NCc1sccc1C#CCCO. The fourth-order valence-corrected chi connectivity index (χ4v) is 2.04. The molecule has 0 unspecified atom stereocenters. The van der Waals surface area contributed by atoms with Crippen LogP contribution in [-0.4, -0.2) is 30.3 Å². The predicted molar refractivity (Wildman–Crippen MR) is 75.8 cm³/mol. The van der Waals surface area contributed by atoms with Crippen LogP contribution in [0, 0.1) is 11.8 Å². The zero-order chi connectivity index (χ0) is 14.1. The molecule has 0 bridgehead atoms. The number of carbonyl (C=O) groups excluding carboxylic acids is 1. The molecule has 0 saturated carbocycles. The highest BCUT2D eigenvalue weighted by atomic mass is 32.1. The maximum atomic E-state index is 11.5. The van der Waals surface area contributed by atoms with Gasteiger partial charge in [-0.15, -0.1) is 11.3 Å². The largest absolute Gasteiger partial charge is 0.395 e. The molecule has 0 atom stereocenters. The summed E-state index contributed by atoms with van der Waals surface area (Å²) >= 11 is 1.55. The van der Waals surface area contributed by atoms with Crippen LogP contribution in [0.1, 0.15) is 30.7 Å². The van der Waals surface area contributed by atoms with Gasteiger partial charge in [0.15, 0.2) is 0 Å². The summed E-state index contributed by atoms with van der Waals surface area (Å²) in [6, 6.07) is 1.92. The number of carbonyl (C=O) groups is 1. The van der Waals surface area contributed by atoms with Gasteiger partial charge < -0.3 is 15.2 Å². The standard InChI is InChI=1S/C14H19NO3S/c1-11(2)18-10-14(17)15-9-13-12(6-8-19-13)5-3-4-7-16/h6,8,11,16H,4,7,9-10H2,1-2H3,(H,15,17). The number of ether oxygens (including phenoxy) is 1. The molecule has 0 saturated heterocycles. The summed E-state index contributed by atoms with van der Waals surface area (Å²) in [5, 5.41) is 13.4. The molecule has 19 heavy (non-hydrogen) atoms. The van der Waals surface area contributed by atoms with Gasteiger partial charge in [-0.3, -0.25) is 4.79 Å². The number of thiophene rings is 1. The highest BCUT2D eigenvalue weighted by Gasteiger charge is 2.06. The van der Waals surface area contributed by atoms with Crippen molar-refractivity contribution >= 4 is 17.2 Å². The summed E-state index contributed by atoms with van der Waals surface area (Å²) in [5.41, 5.74) is 0.906. The Labute approximate surface area is 117 Å². The highest BCUT2D eigenvalue weighted by molar-refractivity contribution is 7.10. The molecule has 1 heterocycles. The topological polar surface area (TPSA) is 58.6 Å². The fourth-order valence-electron chi connectivity index (χ4n) is 1.27. The number of hydrogen-bond acceptors (Lipinski definition) is 4. The lowest BCUT2D eigenvalue weighted by Gasteiger charge is -2.07. The molecule has 1 aromatic heterocycles. The van der Waals surface area contributed by atoms with Crippen LogP contribution in [0.2, 0.25) is 0 Å². The Kier molecular flexibility index (Phi) is 7.19. The van der Waals surface area contributed by atoms with Crippen LogP contribution in [0.25, 0.3) is 0 Å². The first-order valence-electron chi connectivity index (χ1n) is 6.18. The predicted octanol–water partition coefficient (Wildman–Crippen LogP) is 1.52. The second kappa shape index (κ2) is 8.70. The molecule has 1 rings (SSSR count). The van der Waals surface area contributed by atoms with E-state index in [0.29, 0.717) is 13.0 Å². The second-order valence-electron chi connectivity index (χ2n) is 4.17. The molecule has 0 radical (unpaired) electrons. The van der Waals surface area contributed by atoms with Crippen molar-refractivity contribution in [1.82, 2.24) is 5.32 Å². The number of rotatable bonds is 6. The van der Waals surface area contributed by atoms with E-state index in [-0.39, 0.29) is 25.2 Å². The van der Waals surface area contributed by atoms with E-state index in [2.05, 4.69) is 17.2 Å². The zero-order valence-electron chi connectivity index (χ0n) is 11.2.